The van der Waals surface area contributed by atoms with Crippen LogP contribution in [0.4, 0.5) is 5.69 Å². The van der Waals surface area contributed by atoms with Gasteiger partial charge < -0.3 is 11.1 Å². The molecule has 17 heavy (non-hydrogen) atoms. The van der Waals surface area contributed by atoms with Crippen LogP contribution in [0, 0.1) is 0 Å². The fraction of sp³-hybridized carbons (Fsp3) is 0.333. The van der Waals surface area contributed by atoms with E-state index in [1.54, 1.807) is 0 Å². The summed E-state index contributed by atoms with van der Waals surface area (Å²) in [6.45, 7) is 1.87. The first-order valence-electron chi connectivity index (χ1n) is 5.39. The monoisotopic (exact) mass is 252 g/mol. The molecule has 0 spiro atoms. The molecule has 0 saturated carbocycles. The van der Waals surface area contributed by atoms with E-state index in [-0.39, 0.29) is 22.8 Å². The first-order chi connectivity index (χ1) is 8.13. The molecule has 1 aromatic rings. The van der Waals surface area contributed by atoms with E-state index in [4.69, 9.17) is 5.73 Å². The summed E-state index contributed by atoms with van der Waals surface area (Å²) < 4.78 is 0. The van der Waals surface area contributed by atoms with Crippen LogP contribution in [0.2, 0.25) is 0 Å². The molecule has 1 aromatic carbocycles. The Morgan fingerprint density at radius 1 is 1.35 bits per heavy atom. The van der Waals surface area contributed by atoms with Crippen molar-refractivity contribution in [2.75, 3.05) is 11.1 Å². The molecule has 1 rings (SSSR count). The normalized spacial score (nSPS) is 11.8. The third kappa shape index (κ3) is 4.91. The fourth-order valence-corrected chi connectivity index (χ4v) is 2.12. The van der Waals surface area contributed by atoms with E-state index in [1.165, 1.54) is 11.8 Å². The largest absolute Gasteiger partial charge is 0.369 e. The van der Waals surface area contributed by atoms with Crippen molar-refractivity contribution >= 4 is 29.3 Å². The summed E-state index contributed by atoms with van der Waals surface area (Å²) in [5.41, 5.74) is 5.95. The maximum atomic E-state index is 11.6. The highest BCUT2D eigenvalue weighted by atomic mass is 32.2. The van der Waals surface area contributed by atoms with Gasteiger partial charge in [0.05, 0.1) is 11.0 Å². The molecule has 0 aliphatic heterocycles. The van der Waals surface area contributed by atoms with Crippen LogP contribution in [-0.2, 0) is 9.59 Å². The molecule has 5 heteroatoms. The lowest BCUT2D eigenvalue weighted by atomic mass is 10.3. The molecule has 3 N–H and O–H groups in total. The van der Waals surface area contributed by atoms with Gasteiger partial charge in [0.1, 0.15) is 0 Å². The Bertz CT molecular complexity index is 381. The number of primary amides is 1. The number of benzene rings is 1. The van der Waals surface area contributed by atoms with Crippen molar-refractivity contribution in [3.8, 4) is 0 Å². The first-order valence-corrected chi connectivity index (χ1v) is 6.44. The molecule has 4 nitrogen and oxygen atoms in total. The first kappa shape index (κ1) is 13.6. The number of amides is 2. The molecule has 0 heterocycles. The number of para-hydroxylation sites is 1. The molecule has 92 valence electrons. The van der Waals surface area contributed by atoms with Gasteiger partial charge in [-0.15, -0.1) is 11.8 Å². The molecular formula is C12H16N2O2S. The highest BCUT2D eigenvalue weighted by Crippen LogP contribution is 2.14. The van der Waals surface area contributed by atoms with Crippen LogP contribution in [0.25, 0.3) is 0 Å². The average Bonchev–Trinajstić information content (AvgIpc) is 2.30. The van der Waals surface area contributed by atoms with Crippen LogP contribution in [0.15, 0.2) is 30.3 Å². The number of thioether (sulfide) groups is 1. The van der Waals surface area contributed by atoms with Gasteiger partial charge >= 0.3 is 0 Å². The number of nitrogens with one attached hydrogen (secondary N) is 1. The van der Waals surface area contributed by atoms with Crippen LogP contribution in [0.1, 0.15) is 13.3 Å². The van der Waals surface area contributed by atoms with E-state index in [9.17, 15) is 9.59 Å². The van der Waals surface area contributed by atoms with Crippen LogP contribution >= 0.6 is 11.8 Å². The molecular weight excluding hydrogens is 236 g/mol. The standard InChI is InChI=1S/C12H16N2O2S/c1-2-10(12(13)16)17-8-11(15)14-9-6-4-3-5-7-9/h3-7,10H,2,8H2,1H3,(H2,13,16)(H,14,15). The van der Waals surface area contributed by atoms with Gasteiger partial charge in [-0.25, -0.2) is 0 Å². The van der Waals surface area contributed by atoms with E-state index in [2.05, 4.69) is 5.32 Å². The average molecular weight is 252 g/mol. The van der Waals surface area contributed by atoms with Crippen LogP contribution in [0.3, 0.4) is 0 Å². The number of hydrogen-bond donors (Lipinski definition) is 2. The Hall–Kier alpha value is -1.49. The molecule has 0 fully saturated rings. The van der Waals surface area contributed by atoms with Crippen molar-refractivity contribution in [3.63, 3.8) is 0 Å². The molecule has 1 unspecified atom stereocenters. The SMILES string of the molecule is CCC(SCC(=O)Nc1ccccc1)C(N)=O. The van der Waals surface area contributed by atoms with Gasteiger partial charge in [-0.3, -0.25) is 9.59 Å². The third-order valence-corrected chi connectivity index (χ3v) is 3.56. The lowest BCUT2D eigenvalue weighted by molar-refractivity contribution is -0.117. The number of hydrogen-bond acceptors (Lipinski definition) is 3. The van der Waals surface area contributed by atoms with Gasteiger partial charge in [-0.05, 0) is 18.6 Å². The fourth-order valence-electron chi connectivity index (χ4n) is 1.30. The Labute approximate surface area is 105 Å². The summed E-state index contributed by atoms with van der Waals surface area (Å²) in [4.78, 5) is 22.5. The summed E-state index contributed by atoms with van der Waals surface area (Å²) in [5.74, 6) is -0.262. The number of rotatable bonds is 6. The second kappa shape index (κ2) is 6.96. The molecule has 0 radical (unpaired) electrons. The molecule has 1 atom stereocenters. The molecule has 0 aliphatic rings. The van der Waals surface area contributed by atoms with Gasteiger partial charge in [0.2, 0.25) is 11.8 Å². The van der Waals surface area contributed by atoms with Gasteiger partial charge in [0.25, 0.3) is 0 Å². The highest BCUT2D eigenvalue weighted by Gasteiger charge is 2.15. The lowest BCUT2D eigenvalue weighted by Crippen LogP contribution is -2.27. The minimum atomic E-state index is -0.370. The highest BCUT2D eigenvalue weighted by molar-refractivity contribution is 8.01. The van der Waals surface area contributed by atoms with Gasteiger partial charge in [0, 0.05) is 5.69 Å². The van der Waals surface area contributed by atoms with E-state index < -0.39 is 0 Å². The van der Waals surface area contributed by atoms with Crippen molar-refractivity contribution in [2.45, 2.75) is 18.6 Å². The number of carbonyl (C=O) groups is 2. The minimum absolute atomic E-state index is 0.124. The summed E-state index contributed by atoms with van der Waals surface area (Å²) in [6.07, 6.45) is 0.638. The van der Waals surface area contributed by atoms with Crippen molar-refractivity contribution in [3.05, 3.63) is 30.3 Å². The van der Waals surface area contributed by atoms with E-state index in [1.807, 2.05) is 37.3 Å². The Balaban J connectivity index is 2.38. The van der Waals surface area contributed by atoms with Crippen molar-refractivity contribution < 1.29 is 9.59 Å². The van der Waals surface area contributed by atoms with E-state index >= 15 is 0 Å². The Morgan fingerprint density at radius 2 is 2.00 bits per heavy atom. The van der Waals surface area contributed by atoms with Gasteiger partial charge in [0.15, 0.2) is 0 Å². The van der Waals surface area contributed by atoms with E-state index in [0.717, 1.165) is 5.69 Å². The summed E-state index contributed by atoms with van der Waals surface area (Å²) in [5, 5.41) is 2.45. The van der Waals surface area contributed by atoms with Crippen LogP contribution in [-0.4, -0.2) is 22.8 Å². The predicted octanol–water partition coefficient (Wildman–Crippen LogP) is 1.62. The Kier molecular flexibility index (Phi) is 5.56. The molecule has 0 bridgehead atoms. The van der Waals surface area contributed by atoms with Gasteiger partial charge in [-0.1, -0.05) is 25.1 Å². The number of nitrogens with two attached hydrogens (primary N) is 1. The van der Waals surface area contributed by atoms with Crippen LogP contribution in [0.5, 0.6) is 0 Å². The number of carbonyl (C=O) groups excluding carboxylic acids is 2. The smallest absolute Gasteiger partial charge is 0.234 e. The lowest BCUT2D eigenvalue weighted by Gasteiger charge is -2.10. The zero-order valence-electron chi connectivity index (χ0n) is 9.68. The molecule has 0 aromatic heterocycles. The second-order valence-corrected chi connectivity index (χ2v) is 4.72. The summed E-state index contributed by atoms with van der Waals surface area (Å²) >= 11 is 1.27. The Morgan fingerprint density at radius 3 is 2.53 bits per heavy atom. The van der Waals surface area contributed by atoms with E-state index in [0.29, 0.717) is 6.42 Å². The summed E-state index contributed by atoms with van der Waals surface area (Å²) in [6, 6.07) is 9.20. The van der Waals surface area contributed by atoms with Crippen molar-refractivity contribution in [1.29, 1.82) is 0 Å². The van der Waals surface area contributed by atoms with Crippen molar-refractivity contribution in [1.82, 2.24) is 0 Å². The maximum absolute atomic E-state index is 11.6. The summed E-state index contributed by atoms with van der Waals surface area (Å²) in [7, 11) is 0. The maximum Gasteiger partial charge on any atom is 0.234 e. The van der Waals surface area contributed by atoms with Crippen LogP contribution < -0.4 is 11.1 Å². The predicted molar refractivity (Wildman–Crippen MR) is 70.8 cm³/mol. The zero-order chi connectivity index (χ0) is 12.7. The zero-order valence-corrected chi connectivity index (χ0v) is 10.5. The minimum Gasteiger partial charge on any atom is -0.369 e. The second-order valence-electron chi connectivity index (χ2n) is 3.52. The topological polar surface area (TPSA) is 72.2 Å². The molecule has 2 amide bonds. The van der Waals surface area contributed by atoms with Gasteiger partial charge in [-0.2, -0.15) is 0 Å². The number of anilines is 1. The van der Waals surface area contributed by atoms with Crippen molar-refractivity contribution in [2.24, 2.45) is 5.73 Å². The quantitative estimate of drug-likeness (QED) is 0.808. The molecule has 0 saturated heterocycles. The molecule has 0 aliphatic carbocycles. The third-order valence-electron chi connectivity index (χ3n) is 2.16.